The maximum absolute atomic E-state index is 11.2. The van der Waals surface area contributed by atoms with Gasteiger partial charge in [-0.05, 0) is 12.1 Å². The van der Waals surface area contributed by atoms with Gasteiger partial charge in [0.2, 0.25) is 0 Å². The minimum absolute atomic E-state index is 0.0827. The Kier molecular flexibility index (Phi) is 3.54. The first kappa shape index (κ1) is 11.8. The molecule has 0 saturated carbocycles. The maximum Gasteiger partial charge on any atom is 0.339 e. The molecule has 0 aliphatic carbocycles. The van der Waals surface area contributed by atoms with Crippen molar-refractivity contribution in [1.82, 2.24) is 0 Å². The maximum atomic E-state index is 11.2. The van der Waals surface area contributed by atoms with E-state index in [1.54, 1.807) is 12.1 Å². The molecule has 7 heteroatoms. The smallest absolute Gasteiger partial charge is 0.339 e. The predicted octanol–water partition coefficient (Wildman–Crippen LogP) is 1.37. The molecule has 5 nitrogen and oxygen atoms in total. The van der Waals surface area contributed by atoms with E-state index in [1.807, 2.05) is 4.72 Å². The number of esters is 1. The van der Waals surface area contributed by atoms with Gasteiger partial charge in [-0.2, -0.15) is 8.42 Å². The number of para-hydroxylation sites is 1. The lowest BCUT2D eigenvalue weighted by Gasteiger charge is -2.07. The number of methoxy groups -OCH3 is 1. The fourth-order valence-electron chi connectivity index (χ4n) is 0.991. The zero-order chi connectivity index (χ0) is 11.5. The number of halogens is 1. The standard InChI is InChI=1S/C8H8ClNO4S/c1-14-8(11)6-4-2-3-5-7(6)10-15(9,12)13/h2-5,10H,1H3. The normalized spacial score (nSPS) is 10.8. The van der Waals surface area contributed by atoms with Crippen molar-refractivity contribution in [2.24, 2.45) is 0 Å². The SMILES string of the molecule is COC(=O)c1ccccc1NS(=O)(=O)Cl. The van der Waals surface area contributed by atoms with E-state index in [2.05, 4.69) is 4.74 Å². The fraction of sp³-hybridized carbons (Fsp3) is 0.125. The third-order valence-corrected chi connectivity index (χ3v) is 2.26. The van der Waals surface area contributed by atoms with Gasteiger partial charge in [0.05, 0.1) is 18.4 Å². The van der Waals surface area contributed by atoms with Gasteiger partial charge in [-0.1, -0.05) is 12.1 Å². The summed E-state index contributed by atoms with van der Waals surface area (Å²) in [5, 5.41) is 0. The number of carbonyl (C=O) groups is 1. The molecular formula is C8H8ClNO4S. The molecule has 0 atom stereocenters. The molecule has 0 aliphatic heterocycles. The summed E-state index contributed by atoms with van der Waals surface area (Å²) in [7, 11) is 2.27. The van der Waals surface area contributed by atoms with Crippen molar-refractivity contribution in [2.45, 2.75) is 0 Å². The van der Waals surface area contributed by atoms with Gasteiger partial charge in [0.15, 0.2) is 0 Å². The van der Waals surface area contributed by atoms with Crippen LogP contribution in [0, 0.1) is 0 Å². The van der Waals surface area contributed by atoms with Gasteiger partial charge in [0.1, 0.15) is 0 Å². The Morgan fingerprint density at radius 2 is 2.00 bits per heavy atom. The molecule has 0 unspecified atom stereocenters. The molecule has 0 spiro atoms. The average molecular weight is 250 g/mol. The molecule has 0 heterocycles. The summed E-state index contributed by atoms with van der Waals surface area (Å²) in [4.78, 5) is 11.2. The van der Waals surface area contributed by atoms with Crippen LogP contribution in [0.2, 0.25) is 0 Å². The Balaban J connectivity index is 3.13. The molecule has 1 aromatic carbocycles. The Bertz CT molecular complexity index is 471. The van der Waals surface area contributed by atoms with E-state index in [9.17, 15) is 13.2 Å². The van der Waals surface area contributed by atoms with Crippen LogP contribution < -0.4 is 4.72 Å². The van der Waals surface area contributed by atoms with Crippen LogP contribution in [0.25, 0.3) is 0 Å². The first-order valence-electron chi connectivity index (χ1n) is 3.84. The minimum atomic E-state index is -3.93. The zero-order valence-electron chi connectivity index (χ0n) is 7.73. The van der Waals surface area contributed by atoms with Crippen LogP contribution in [-0.2, 0) is 14.0 Å². The molecule has 0 radical (unpaired) electrons. The summed E-state index contributed by atoms with van der Waals surface area (Å²) >= 11 is 0. The Labute approximate surface area is 91.6 Å². The highest BCUT2D eigenvalue weighted by atomic mass is 35.7. The molecule has 1 rings (SSSR count). The van der Waals surface area contributed by atoms with E-state index in [0.29, 0.717) is 0 Å². The van der Waals surface area contributed by atoms with Gasteiger partial charge in [0.25, 0.3) is 0 Å². The van der Waals surface area contributed by atoms with Crippen molar-refractivity contribution in [3.05, 3.63) is 29.8 Å². The monoisotopic (exact) mass is 249 g/mol. The second-order valence-electron chi connectivity index (χ2n) is 2.58. The average Bonchev–Trinajstić information content (AvgIpc) is 2.15. The fourth-order valence-corrected chi connectivity index (χ4v) is 1.68. The van der Waals surface area contributed by atoms with Crippen LogP contribution in [0.1, 0.15) is 10.4 Å². The van der Waals surface area contributed by atoms with Crippen LogP contribution in [0.3, 0.4) is 0 Å². The number of carbonyl (C=O) groups excluding carboxylic acids is 1. The van der Waals surface area contributed by atoms with Crippen LogP contribution in [0.15, 0.2) is 24.3 Å². The van der Waals surface area contributed by atoms with Gasteiger partial charge >= 0.3 is 15.2 Å². The summed E-state index contributed by atoms with van der Waals surface area (Å²) < 4.78 is 28.0. The summed E-state index contributed by atoms with van der Waals surface area (Å²) in [6.45, 7) is 0. The van der Waals surface area contributed by atoms with Gasteiger partial charge < -0.3 is 4.74 Å². The van der Waals surface area contributed by atoms with Crippen molar-refractivity contribution < 1.29 is 17.9 Å². The highest BCUT2D eigenvalue weighted by Gasteiger charge is 2.14. The van der Waals surface area contributed by atoms with Crippen LogP contribution in [-0.4, -0.2) is 21.5 Å². The molecule has 82 valence electrons. The summed E-state index contributed by atoms with van der Waals surface area (Å²) in [5.74, 6) is -0.640. The lowest BCUT2D eigenvalue weighted by atomic mass is 10.2. The van der Waals surface area contributed by atoms with Gasteiger partial charge in [-0.3, -0.25) is 4.72 Å². The van der Waals surface area contributed by atoms with Gasteiger partial charge in [-0.25, -0.2) is 4.79 Å². The lowest BCUT2D eigenvalue weighted by Crippen LogP contribution is -2.10. The van der Waals surface area contributed by atoms with Gasteiger partial charge in [-0.15, -0.1) is 0 Å². The molecule has 15 heavy (non-hydrogen) atoms. The van der Waals surface area contributed by atoms with Crippen LogP contribution in [0.5, 0.6) is 0 Å². The predicted molar refractivity (Wildman–Crippen MR) is 56.2 cm³/mol. The van der Waals surface area contributed by atoms with Gasteiger partial charge in [0, 0.05) is 10.7 Å². The number of benzene rings is 1. The molecule has 1 aromatic rings. The Hall–Kier alpha value is -1.27. The molecule has 0 bridgehead atoms. The summed E-state index contributed by atoms with van der Waals surface area (Å²) in [6, 6.07) is 5.98. The first-order valence-corrected chi connectivity index (χ1v) is 6.14. The molecule has 0 aromatic heterocycles. The molecular weight excluding hydrogens is 242 g/mol. The van der Waals surface area contributed by atoms with E-state index in [0.717, 1.165) is 0 Å². The van der Waals surface area contributed by atoms with Crippen molar-refractivity contribution in [3.63, 3.8) is 0 Å². The highest BCUT2D eigenvalue weighted by molar-refractivity contribution is 8.14. The number of hydrogen-bond donors (Lipinski definition) is 1. The van der Waals surface area contributed by atoms with Crippen molar-refractivity contribution in [2.75, 3.05) is 11.8 Å². The number of hydrogen-bond acceptors (Lipinski definition) is 4. The van der Waals surface area contributed by atoms with Crippen LogP contribution in [0.4, 0.5) is 5.69 Å². The topological polar surface area (TPSA) is 72.5 Å². The molecule has 0 saturated heterocycles. The molecule has 1 N–H and O–H groups in total. The van der Waals surface area contributed by atoms with E-state index >= 15 is 0 Å². The van der Waals surface area contributed by atoms with E-state index in [1.165, 1.54) is 19.2 Å². The number of rotatable bonds is 3. The number of ether oxygens (including phenoxy) is 1. The minimum Gasteiger partial charge on any atom is -0.465 e. The van der Waals surface area contributed by atoms with Crippen molar-refractivity contribution in [1.29, 1.82) is 0 Å². The summed E-state index contributed by atoms with van der Waals surface area (Å²) in [5.41, 5.74) is 0.184. The van der Waals surface area contributed by atoms with E-state index < -0.39 is 15.2 Å². The first-order chi connectivity index (χ1) is 6.94. The number of nitrogens with one attached hydrogen (secondary N) is 1. The van der Waals surface area contributed by atoms with Crippen molar-refractivity contribution >= 4 is 31.6 Å². The lowest BCUT2D eigenvalue weighted by molar-refractivity contribution is 0.0602. The van der Waals surface area contributed by atoms with E-state index in [4.69, 9.17) is 10.7 Å². The highest BCUT2D eigenvalue weighted by Crippen LogP contribution is 2.18. The Morgan fingerprint density at radius 1 is 1.40 bits per heavy atom. The molecule has 0 amide bonds. The zero-order valence-corrected chi connectivity index (χ0v) is 9.30. The largest absolute Gasteiger partial charge is 0.465 e. The number of anilines is 1. The molecule has 0 aliphatic rings. The third-order valence-electron chi connectivity index (χ3n) is 1.56. The third kappa shape index (κ3) is 3.41. The van der Waals surface area contributed by atoms with E-state index in [-0.39, 0.29) is 11.3 Å². The van der Waals surface area contributed by atoms with Crippen LogP contribution >= 0.6 is 10.7 Å². The molecule has 0 fully saturated rings. The van der Waals surface area contributed by atoms with Crippen molar-refractivity contribution in [3.8, 4) is 0 Å². The quantitative estimate of drug-likeness (QED) is 0.649. The second kappa shape index (κ2) is 4.50. The Morgan fingerprint density at radius 3 is 2.53 bits per heavy atom. The second-order valence-corrected chi connectivity index (χ2v) is 4.88. The summed E-state index contributed by atoms with van der Waals surface area (Å²) in [6.07, 6.45) is 0.